The van der Waals surface area contributed by atoms with Crippen LogP contribution in [0.3, 0.4) is 0 Å². The summed E-state index contributed by atoms with van der Waals surface area (Å²) in [6.07, 6.45) is 1.39. The van der Waals surface area contributed by atoms with Crippen LogP contribution in [-0.4, -0.2) is 34.6 Å². The molecule has 0 heterocycles. The van der Waals surface area contributed by atoms with Crippen molar-refractivity contribution in [3.05, 3.63) is 11.6 Å². The third-order valence-electron chi connectivity index (χ3n) is 1.84. The van der Waals surface area contributed by atoms with E-state index in [1.165, 1.54) is 6.08 Å². The summed E-state index contributed by atoms with van der Waals surface area (Å²) < 4.78 is 15.5. The van der Waals surface area contributed by atoms with E-state index in [0.717, 1.165) is 0 Å². The van der Waals surface area contributed by atoms with E-state index >= 15 is 0 Å². The van der Waals surface area contributed by atoms with Gasteiger partial charge in [0, 0.05) is 0 Å². The molecular weight excluding hydrogens is 233 g/mol. The molecule has 0 radical (unpaired) electrons. The van der Waals surface area contributed by atoms with Gasteiger partial charge in [-0.1, -0.05) is 18.6 Å². The summed E-state index contributed by atoms with van der Waals surface area (Å²) in [4.78, 5) is 28.7. The van der Waals surface area contributed by atoms with Crippen molar-refractivity contribution in [3.63, 3.8) is 0 Å². The molecule has 0 aliphatic rings. The number of rotatable bonds is 6. The average molecular weight is 251 g/mol. The smallest absolute Gasteiger partial charge is 0.329 e. The summed E-state index contributed by atoms with van der Waals surface area (Å²) in [6, 6.07) is -0.971. The summed E-state index contributed by atoms with van der Waals surface area (Å²) in [7, 11) is -4.12. The van der Waals surface area contributed by atoms with Crippen LogP contribution in [0.25, 0.3) is 0 Å². The number of hydrogen-bond donors (Lipinski definition) is 3. The van der Waals surface area contributed by atoms with E-state index in [9.17, 15) is 9.36 Å². The fourth-order valence-electron chi connectivity index (χ4n) is 1.11. The topological polar surface area (TPSA) is 110 Å². The van der Waals surface area contributed by atoms with Crippen LogP contribution < -0.4 is 5.73 Å². The van der Waals surface area contributed by atoms with Gasteiger partial charge in [0.05, 0.1) is 12.8 Å². The number of hydrogen-bond acceptors (Lipinski definition) is 4. The largest absolute Gasteiger partial charge is 0.465 e. The molecule has 0 aromatic carbocycles. The molecule has 4 N–H and O–H groups in total. The molecule has 0 spiro atoms. The summed E-state index contributed by atoms with van der Waals surface area (Å²) in [5.74, 6) is -0.598. The number of carbonyl (C=O) groups excluding carboxylic acids is 1. The molecule has 16 heavy (non-hydrogen) atoms. The Kier molecular flexibility index (Phi) is 6.52. The van der Waals surface area contributed by atoms with Crippen LogP contribution in [0.1, 0.15) is 20.3 Å². The van der Waals surface area contributed by atoms with Gasteiger partial charge in [-0.3, -0.25) is 9.36 Å². The van der Waals surface area contributed by atoms with E-state index in [1.807, 2.05) is 0 Å². The van der Waals surface area contributed by atoms with Crippen molar-refractivity contribution in [2.45, 2.75) is 26.3 Å². The Labute approximate surface area is 94.6 Å². The van der Waals surface area contributed by atoms with Gasteiger partial charge in [0.15, 0.2) is 0 Å². The minimum atomic E-state index is -4.12. The molecular formula is C9H18NO5P. The van der Waals surface area contributed by atoms with Crippen molar-refractivity contribution in [1.29, 1.82) is 0 Å². The predicted octanol–water partition coefficient (Wildman–Crippen LogP) is 0.391. The van der Waals surface area contributed by atoms with Gasteiger partial charge in [0.2, 0.25) is 0 Å². The predicted molar refractivity (Wildman–Crippen MR) is 59.9 cm³/mol. The first-order valence-electron chi connectivity index (χ1n) is 4.96. The summed E-state index contributed by atoms with van der Waals surface area (Å²) in [6.45, 7) is 3.62. The lowest BCUT2D eigenvalue weighted by atomic mass is 10.1. The SMILES string of the molecule is CCOC(=O)C(N)C=C(CC)CP(=O)(O)O. The Bertz CT molecular complexity index is 309. The lowest BCUT2D eigenvalue weighted by Crippen LogP contribution is -2.30. The van der Waals surface area contributed by atoms with Crippen molar-refractivity contribution in [2.24, 2.45) is 5.73 Å². The number of carbonyl (C=O) groups is 1. The Morgan fingerprint density at radius 3 is 2.44 bits per heavy atom. The van der Waals surface area contributed by atoms with Crippen molar-refractivity contribution >= 4 is 13.6 Å². The molecule has 0 saturated carbocycles. The molecule has 0 bridgehead atoms. The standard InChI is InChI=1S/C9H18NO5P/c1-3-7(6-16(12,13)14)5-8(10)9(11)15-4-2/h5,8H,3-4,6,10H2,1-2H3,(H2,12,13,14). The van der Waals surface area contributed by atoms with Gasteiger partial charge in [-0.15, -0.1) is 0 Å². The zero-order valence-corrected chi connectivity index (χ0v) is 10.3. The second-order valence-electron chi connectivity index (χ2n) is 3.28. The van der Waals surface area contributed by atoms with E-state index in [4.69, 9.17) is 15.5 Å². The van der Waals surface area contributed by atoms with Crippen molar-refractivity contribution in [2.75, 3.05) is 12.8 Å². The Morgan fingerprint density at radius 2 is 2.06 bits per heavy atom. The van der Waals surface area contributed by atoms with Crippen LogP contribution in [0, 0.1) is 0 Å². The molecule has 0 aliphatic heterocycles. The highest BCUT2D eigenvalue weighted by Crippen LogP contribution is 2.37. The maximum Gasteiger partial charge on any atom is 0.329 e. The monoisotopic (exact) mass is 251 g/mol. The van der Waals surface area contributed by atoms with Gasteiger partial charge in [0.1, 0.15) is 6.04 Å². The van der Waals surface area contributed by atoms with Gasteiger partial charge < -0.3 is 20.3 Å². The molecule has 1 unspecified atom stereocenters. The van der Waals surface area contributed by atoms with E-state index in [0.29, 0.717) is 12.0 Å². The maximum absolute atomic E-state index is 11.2. The van der Waals surface area contributed by atoms with Crippen molar-refractivity contribution < 1.29 is 23.9 Å². The molecule has 0 amide bonds. The highest BCUT2D eigenvalue weighted by atomic mass is 31.2. The van der Waals surface area contributed by atoms with Crippen molar-refractivity contribution in [3.8, 4) is 0 Å². The van der Waals surface area contributed by atoms with Crippen LogP contribution in [0.4, 0.5) is 0 Å². The van der Waals surface area contributed by atoms with Gasteiger partial charge in [-0.2, -0.15) is 0 Å². The highest BCUT2D eigenvalue weighted by molar-refractivity contribution is 7.52. The second kappa shape index (κ2) is 6.81. The van der Waals surface area contributed by atoms with Crippen LogP contribution in [0.2, 0.25) is 0 Å². The van der Waals surface area contributed by atoms with Crippen molar-refractivity contribution in [1.82, 2.24) is 0 Å². The molecule has 0 fully saturated rings. The molecule has 7 heteroatoms. The van der Waals surface area contributed by atoms with E-state index in [-0.39, 0.29) is 12.8 Å². The summed E-state index contributed by atoms with van der Waals surface area (Å²) >= 11 is 0. The van der Waals surface area contributed by atoms with Gasteiger partial charge in [0.25, 0.3) is 0 Å². The van der Waals surface area contributed by atoms with E-state index < -0.39 is 19.6 Å². The molecule has 0 aromatic heterocycles. The fraction of sp³-hybridized carbons (Fsp3) is 0.667. The average Bonchev–Trinajstić information content (AvgIpc) is 2.14. The molecule has 0 saturated heterocycles. The Hall–Kier alpha value is -0.680. The van der Waals surface area contributed by atoms with Gasteiger partial charge >= 0.3 is 13.6 Å². The lowest BCUT2D eigenvalue weighted by molar-refractivity contribution is -0.143. The van der Waals surface area contributed by atoms with Gasteiger partial charge in [-0.25, -0.2) is 0 Å². The highest BCUT2D eigenvalue weighted by Gasteiger charge is 2.18. The first kappa shape index (κ1) is 15.3. The number of esters is 1. The molecule has 0 aliphatic carbocycles. The van der Waals surface area contributed by atoms with E-state index in [1.54, 1.807) is 13.8 Å². The Morgan fingerprint density at radius 1 is 1.50 bits per heavy atom. The number of ether oxygens (including phenoxy) is 1. The molecule has 0 aromatic rings. The third kappa shape index (κ3) is 6.74. The first-order valence-corrected chi connectivity index (χ1v) is 6.76. The zero-order valence-electron chi connectivity index (χ0n) is 9.42. The number of allylic oxidation sites excluding steroid dienone is 1. The van der Waals surface area contributed by atoms with Crippen LogP contribution in [0.5, 0.6) is 0 Å². The van der Waals surface area contributed by atoms with Gasteiger partial charge in [-0.05, 0) is 13.3 Å². The molecule has 1 atom stereocenters. The first-order chi connectivity index (χ1) is 7.30. The lowest BCUT2D eigenvalue weighted by Gasteiger charge is -2.10. The molecule has 6 nitrogen and oxygen atoms in total. The number of nitrogens with two attached hydrogens (primary N) is 1. The maximum atomic E-state index is 11.2. The summed E-state index contributed by atoms with van der Waals surface area (Å²) in [5, 5.41) is 0. The van der Waals surface area contributed by atoms with Crippen LogP contribution in [0.15, 0.2) is 11.6 Å². The summed E-state index contributed by atoms with van der Waals surface area (Å²) in [5.41, 5.74) is 5.95. The molecule has 0 rings (SSSR count). The normalized spacial score (nSPS) is 14.7. The van der Waals surface area contributed by atoms with Crippen LogP contribution in [-0.2, 0) is 14.1 Å². The Balaban J connectivity index is 4.57. The zero-order chi connectivity index (χ0) is 12.8. The quantitative estimate of drug-likeness (QED) is 0.358. The fourth-order valence-corrected chi connectivity index (χ4v) is 1.97. The third-order valence-corrected chi connectivity index (χ3v) is 2.66. The van der Waals surface area contributed by atoms with Crippen LogP contribution >= 0.6 is 7.60 Å². The second-order valence-corrected chi connectivity index (χ2v) is 4.92. The minimum absolute atomic E-state index is 0.223. The van der Waals surface area contributed by atoms with E-state index in [2.05, 4.69) is 4.74 Å². The minimum Gasteiger partial charge on any atom is -0.465 e. The molecule has 94 valence electrons.